The fourth-order valence-corrected chi connectivity index (χ4v) is 1.93. The first-order valence-corrected chi connectivity index (χ1v) is 3.95. The zero-order valence-corrected chi connectivity index (χ0v) is 6.48. The van der Waals surface area contributed by atoms with Crippen LogP contribution in [-0.4, -0.2) is 5.54 Å². The molecular formula is C8H17N. The van der Waals surface area contributed by atoms with E-state index in [1.807, 2.05) is 0 Å². The lowest BCUT2D eigenvalue weighted by Gasteiger charge is -2.25. The second-order valence-corrected chi connectivity index (χ2v) is 3.50. The minimum Gasteiger partial charge on any atom is -0.325 e. The first kappa shape index (κ1) is 7.07. The van der Waals surface area contributed by atoms with Gasteiger partial charge in [0.25, 0.3) is 0 Å². The molecule has 0 aromatic heterocycles. The average Bonchev–Trinajstić information content (AvgIpc) is 2.08. The predicted octanol–water partition coefficient (Wildman–Crippen LogP) is 1.91. The summed E-state index contributed by atoms with van der Waals surface area (Å²) >= 11 is 0. The van der Waals surface area contributed by atoms with E-state index >= 15 is 0 Å². The SMILES string of the molecule is CCC1CCCC1(C)N. The van der Waals surface area contributed by atoms with Crippen molar-refractivity contribution in [2.45, 2.75) is 45.1 Å². The Kier molecular flexibility index (Phi) is 1.80. The van der Waals surface area contributed by atoms with Crippen molar-refractivity contribution in [3.63, 3.8) is 0 Å². The van der Waals surface area contributed by atoms with Gasteiger partial charge in [-0.25, -0.2) is 0 Å². The highest BCUT2D eigenvalue weighted by molar-refractivity contribution is 4.91. The van der Waals surface area contributed by atoms with Crippen LogP contribution in [0.25, 0.3) is 0 Å². The van der Waals surface area contributed by atoms with E-state index in [2.05, 4.69) is 13.8 Å². The molecule has 0 amide bonds. The van der Waals surface area contributed by atoms with Gasteiger partial charge in [0, 0.05) is 5.54 Å². The van der Waals surface area contributed by atoms with E-state index in [9.17, 15) is 0 Å². The maximum Gasteiger partial charge on any atom is 0.0154 e. The number of hydrogen-bond donors (Lipinski definition) is 1. The van der Waals surface area contributed by atoms with Crippen molar-refractivity contribution in [2.24, 2.45) is 11.7 Å². The molecule has 2 unspecified atom stereocenters. The van der Waals surface area contributed by atoms with Crippen LogP contribution < -0.4 is 5.73 Å². The average molecular weight is 127 g/mol. The zero-order chi connectivity index (χ0) is 6.91. The van der Waals surface area contributed by atoms with E-state index in [0.717, 1.165) is 5.92 Å². The topological polar surface area (TPSA) is 26.0 Å². The molecule has 0 aromatic carbocycles. The second kappa shape index (κ2) is 2.30. The lowest BCUT2D eigenvalue weighted by Crippen LogP contribution is -2.39. The van der Waals surface area contributed by atoms with E-state index in [4.69, 9.17) is 5.73 Å². The van der Waals surface area contributed by atoms with Crippen LogP contribution in [0.1, 0.15) is 39.5 Å². The molecule has 0 saturated heterocycles. The third-order valence-corrected chi connectivity index (χ3v) is 2.69. The summed E-state index contributed by atoms with van der Waals surface area (Å²) in [5, 5.41) is 0. The summed E-state index contributed by atoms with van der Waals surface area (Å²) in [4.78, 5) is 0. The van der Waals surface area contributed by atoms with Gasteiger partial charge in [-0.3, -0.25) is 0 Å². The molecule has 0 spiro atoms. The quantitative estimate of drug-likeness (QED) is 0.572. The van der Waals surface area contributed by atoms with Crippen molar-refractivity contribution in [1.82, 2.24) is 0 Å². The maximum absolute atomic E-state index is 6.03. The molecule has 0 aromatic rings. The highest BCUT2D eigenvalue weighted by Gasteiger charge is 2.33. The van der Waals surface area contributed by atoms with Gasteiger partial charge in [-0.2, -0.15) is 0 Å². The van der Waals surface area contributed by atoms with Crippen LogP contribution >= 0.6 is 0 Å². The fraction of sp³-hybridized carbons (Fsp3) is 1.00. The van der Waals surface area contributed by atoms with Gasteiger partial charge in [0.1, 0.15) is 0 Å². The standard InChI is InChI=1S/C8H17N/c1-3-7-5-4-6-8(7,2)9/h7H,3-6,9H2,1-2H3. The van der Waals surface area contributed by atoms with Gasteiger partial charge >= 0.3 is 0 Å². The molecule has 0 radical (unpaired) electrons. The van der Waals surface area contributed by atoms with Gasteiger partial charge in [0.2, 0.25) is 0 Å². The highest BCUT2D eigenvalue weighted by atomic mass is 14.8. The van der Waals surface area contributed by atoms with Crippen molar-refractivity contribution in [3.8, 4) is 0 Å². The Morgan fingerprint density at radius 2 is 2.33 bits per heavy atom. The number of hydrogen-bond acceptors (Lipinski definition) is 1. The molecule has 1 fully saturated rings. The van der Waals surface area contributed by atoms with Crippen molar-refractivity contribution >= 4 is 0 Å². The van der Waals surface area contributed by atoms with Gasteiger partial charge in [-0.05, 0) is 25.7 Å². The normalized spacial score (nSPS) is 43.7. The molecule has 2 N–H and O–H groups in total. The van der Waals surface area contributed by atoms with Gasteiger partial charge in [-0.1, -0.05) is 19.8 Å². The fourth-order valence-electron chi connectivity index (χ4n) is 1.93. The molecule has 1 saturated carbocycles. The van der Waals surface area contributed by atoms with E-state index in [0.29, 0.717) is 0 Å². The molecule has 2 atom stereocenters. The lowest BCUT2D eigenvalue weighted by atomic mass is 9.88. The summed E-state index contributed by atoms with van der Waals surface area (Å²) in [6.45, 7) is 4.43. The number of rotatable bonds is 1. The van der Waals surface area contributed by atoms with Crippen LogP contribution in [0.15, 0.2) is 0 Å². The first-order valence-electron chi connectivity index (χ1n) is 3.95. The summed E-state index contributed by atoms with van der Waals surface area (Å²) in [5.41, 5.74) is 6.19. The minimum absolute atomic E-state index is 0.161. The molecule has 1 aliphatic carbocycles. The van der Waals surface area contributed by atoms with Crippen molar-refractivity contribution in [1.29, 1.82) is 0 Å². The minimum atomic E-state index is 0.161. The number of nitrogens with two attached hydrogens (primary N) is 1. The van der Waals surface area contributed by atoms with E-state index in [1.165, 1.54) is 25.7 Å². The summed E-state index contributed by atoms with van der Waals surface area (Å²) in [6, 6.07) is 0. The van der Waals surface area contributed by atoms with Gasteiger partial charge in [-0.15, -0.1) is 0 Å². The van der Waals surface area contributed by atoms with E-state index in [-0.39, 0.29) is 5.54 Å². The van der Waals surface area contributed by atoms with Gasteiger partial charge in [0.15, 0.2) is 0 Å². The Hall–Kier alpha value is -0.0400. The summed E-state index contributed by atoms with van der Waals surface area (Å²) in [6.07, 6.45) is 5.17. The summed E-state index contributed by atoms with van der Waals surface area (Å²) in [7, 11) is 0. The summed E-state index contributed by atoms with van der Waals surface area (Å²) < 4.78 is 0. The Morgan fingerprint density at radius 3 is 2.56 bits per heavy atom. The van der Waals surface area contributed by atoms with Crippen molar-refractivity contribution < 1.29 is 0 Å². The molecule has 9 heavy (non-hydrogen) atoms. The van der Waals surface area contributed by atoms with E-state index in [1.54, 1.807) is 0 Å². The van der Waals surface area contributed by atoms with Crippen LogP contribution in [0, 0.1) is 5.92 Å². The van der Waals surface area contributed by atoms with Crippen molar-refractivity contribution in [3.05, 3.63) is 0 Å². The maximum atomic E-state index is 6.03. The highest BCUT2D eigenvalue weighted by Crippen LogP contribution is 2.34. The first-order chi connectivity index (χ1) is 4.17. The Balaban J connectivity index is 2.52. The second-order valence-electron chi connectivity index (χ2n) is 3.50. The Bertz CT molecular complexity index is 96.7. The molecule has 1 heteroatoms. The van der Waals surface area contributed by atoms with E-state index < -0.39 is 0 Å². The smallest absolute Gasteiger partial charge is 0.0154 e. The van der Waals surface area contributed by atoms with Gasteiger partial charge in [0.05, 0.1) is 0 Å². The van der Waals surface area contributed by atoms with Gasteiger partial charge < -0.3 is 5.73 Å². The molecule has 0 bridgehead atoms. The zero-order valence-electron chi connectivity index (χ0n) is 6.48. The molecule has 1 nitrogen and oxygen atoms in total. The van der Waals surface area contributed by atoms with Crippen LogP contribution in [-0.2, 0) is 0 Å². The third kappa shape index (κ3) is 1.26. The van der Waals surface area contributed by atoms with Crippen LogP contribution in [0.2, 0.25) is 0 Å². The van der Waals surface area contributed by atoms with Crippen LogP contribution in [0.3, 0.4) is 0 Å². The molecule has 1 rings (SSSR count). The van der Waals surface area contributed by atoms with Crippen molar-refractivity contribution in [2.75, 3.05) is 0 Å². The lowest BCUT2D eigenvalue weighted by molar-refractivity contribution is 0.337. The summed E-state index contributed by atoms with van der Waals surface area (Å²) in [5.74, 6) is 0.789. The van der Waals surface area contributed by atoms with Crippen LogP contribution in [0.4, 0.5) is 0 Å². The monoisotopic (exact) mass is 127 g/mol. The molecule has 0 aliphatic heterocycles. The third-order valence-electron chi connectivity index (χ3n) is 2.69. The van der Waals surface area contributed by atoms with Crippen LogP contribution in [0.5, 0.6) is 0 Å². The Morgan fingerprint density at radius 1 is 1.67 bits per heavy atom. The largest absolute Gasteiger partial charge is 0.325 e. The molecular weight excluding hydrogens is 110 g/mol. The molecule has 54 valence electrons. The molecule has 0 heterocycles. The Labute approximate surface area is 57.6 Å². The predicted molar refractivity (Wildman–Crippen MR) is 40.2 cm³/mol. The molecule has 1 aliphatic rings.